The number of nitrogens with one attached hydrogen (secondary N) is 1. The Kier molecular flexibility index (Phi) is 3.23. The van der Waals surface area contributed by atoms with Crippen LogP contribution in [0, 0.1) is 0 Å². The first-order valence-electron chi connectivity index (χ1n) is 5.44. The van der Waals surface area contributed by atoms with Gasteiger partial charge in [0.15, 0.2) is 5.88 Å². The summed E-state index contributed by atoms with van der Waals surface area (Å²) >= 11 is 0. The van der Waals surface area contributed by atoms with Gasteiger partial charge >= 0.3 is 5.97 Å². The van der Waals surface area contributed by atoms with Crippen LogP contribution in [0.4, 0.5) is 17.3 Å². The molecule has 0 atom stereocenters. The van der Waals surface area contributed by atoms with Crippen molar-refractivity contribution in [3.05, 3.63) is 42.2 Å². The van der Waals surface area contributed by atoms with E-state index in [-0.39, 0.29) is 5.76 Å². The number of carbonyl (C=O) groups is 1. The second-order valence-corrected chi connectivity index (χ2v) is 4.04. The molecule has 5 nitrogen and oxygen atoms in total. The topological polar surface area (TPSA) is 65.7 Å². The van der Waals surface area contributed by atoms with Crippen molar-refractivity contribution >= 4 is 23.2 Å². The Morgan fingerprint density at radius 1 is 1.17 bits per heavy atom. The molecule has 18 heavy (non-hydrogen) atoms. The van der Waals surface area contributed by atoms with Crippen molar-refractivity contribution in [2.45, 2.75) is 0 Å². The monoisotopic (exact) mass is 246 g/mol. The van der Waals surface area contributed by atoms with E-state index in [1.54, 1.807) is 6.07 Å². The van der Waals surface area contributed by atoms with Gasteiger partial charge in [-0.05, 0) is 30.3 Å². The van der Waals surface area contributed by atoms with Gasteiger partial charge in [0.05, 0.1) is 0 Å². The van der Waals surface area contributed by atoms with E-state index in [1.165, 1.54) is 6.07 Å². The molecule has 0 fully saturated rings. The largest absolute Gasteiger partial charge is 0.475 e. The molecule has 2 aromatic rings. The Bertz CT molecular complexity index is 544. The maximum atomic E-state index is 10.7. The van der Waals surface area contributed by atoms with Crippen molar-refractivity contribution in [3.63, 3.8) is 0 Å². The fraction of sp³-hybridized carbons (Fsp3) is 0.154. The number of anilines is 3. The normalized spacial score (nSPS) is 10.1. The van der Waals surface area contributed by atoms with E-state index in [4.69, 9.17) is 9.52 Å². The quantitative estimate of drug-likeness (QED) is 0.868. The Morgan fingerprint density at radius 3 is 2.33 bits per heavy atom. The molecule has 1 aromatic heterocycles. The summed E-state index contributed by atoms with van der Waals surface area (Å²) in [6.45, 7) is 0. The lowest BCUT2D eigenvalue weighted by molar-refractivity contribution is 0.0663. The number of furan rings is 1. The fourth-order valence-electron chi connectivity index (χ4n) is 1.51. The average Bonchev–Trinajstić information content (AvgIpc) is 2.78. The molecule has 0 aliphatic rings. The van der Waals surface area contributed by atoms with Crippen LogP contribution < -0.4 is 10.2 Å². The van der Waals surface area contributed by atoms with Gasteiger partial charge < -0.3 is 19.7 Å². The van der Waals surface area contributed by atoms with Gasteiger partial charge in [-0.3, -0.25) is 0 Å². The summed E-state index contributed by atoms with van der Waals surface area (Å²) in [5, 5.41) is 11.7. The van der Waals surface area contributed by atoms with Gasteiger partial charge in [-0.2, -0.15) is 0 Å². The highest BCUT2D eigenvalue weighted by Crippen LogP contribution is 2.21. The molecule has 2 rings (SSSR count). The molecule has 2 N–H and O–H groups in total. The van der Waals surface area contributed by atoms with E-state index in [0.29, 0.717) is 5.88 Å². The minimum absolute atomic E-state index is 0.0811. The Morgan fingerprint density at radius 2 is 1.83 bits per heavy atom. The van der Waals surface area contributed by atoms with Crippen LogP contribution in [0.3, 0.4) is 0 Å². The number of carboxylic acid groups (broad SMARTS) is 1. The molecule has 0 saturated carbocycles. The zero-order valence-corrected chi connectivity index (χ0v) is 10.2. The van der Waals surface area contributed by atoms with Crippen LogP contribution in [-0.4, -0.2) is 25.2 Å². The molecule has 0 aliphatic carbocycles. The molecule has 1 heterocycles. The van der Waals surface area contributed by atoms with Crippen LogP contribution in [0.5, 0.6) is 0 Å². The molecule has 1 aromatic carbocycles. The Labute approximate surface area is 105 Å². The number of nitrogens with zero attached hydrogens (tertiary/aromatic N) is 1. The van der Waals surface area contributed by atoms with E-state index < -0.39 is 5.97 Å². The number of aromatic carboxylic acids is 1. The van der Waals surface area contributed by atoms with Crippen LogP contribution >= 0.6 is 0 Å². The second-order valence-electron chi connectivity index (χ2n) is 4.04. The minimum atomic E-state index is -1.08. The van der Waals surface area contributed by atoms with E-state index in [2.05, 4.69) is 5.32 Å². The third kappa shape index (κ3) is 2.63. The first-order valence-corrected chi connectivity index (χ1v) is 5.44. The Hall–Kier alpha value is -2.43. The maximum Gasteiger partial charge on any atom is 0.371 e. The third-order valence-corrected chi connectivity index (χ3v) is 2.47. The summed E-state index contributed by atoms with van der Waals surface area (Å²) in [5.41, 5.74) is 1.93. The highest BCUT2D eigenvalue weighted by molar-refractivity contribution is 5.85. The van der Waals surface area contributed by atoms with E-state index in [1.807, 2.05) is 43.3 Å². The molecule has 0 saturated heterocycles. The van der Waals surface area contributed by atoms with Crippen molar-refractivity contribution in [2.75, 3.05) is 24.3 Å². The first kappa shape index (κ1) is 12.0. The van der Waals surface area contributed by atoms with Crippen LogP contribution in [0.1, 0.15) is 10.6 Å². The predicted molar refractivity (Wildman–Crippen MR) is 69.7 cm³/mol. The number of rotatable bonds is 4. The molecule has 0 radical (unpaired) electrons. The smallest absolute Gasteiger partial charge is 0.371 e. The Balaban J connectivity index is 2.10. The fourth-order valence-corrected chi connectivity index (χ4v) is 1.51. The van der Waals surface area contributed by atoms with Crippen LogP contribution in [-0.2, 0) is 0 Å². The number of hydrogen-bond donors (Lipinski definition) is 2. The summed E-state index contributed by atoms with van der Waals surface area (Å²) in [6.07, 6.45) is 0. The molecule has 94 valence electrons. The van der Waals surface area contributed by atoms with Gasteiger partial charge in [-0.25, -0.2) is 4.79 Å². The third-order valence-electron chi connectivity index (χ3n) is 2.47. The summed E-state index contributed by atoms with van der Waals surface area (Å²) in [4.78, 5) is 12.7. The van der Waals surface area contributed by atoms with Crippen LogP contribution in [0.15, 0.2) is 40.8 Å². The van der Waals surface area contributed by atoms with E-state index >= 15 is 0 Å². The molecule has 0 amide bonds. The first-order chi connectivity index (χ1) is 8.56. The molecular formula is C13H14N2O3. The molecule has 0 bridgehead atoms. The van der Waals surface area contributed by atoms with Gasteiger partial charge in [-0.15, -0.1) is 0 Å². The van der Waals surface area contributed by atoms with Gasteiger partial charge in [0.25, 0.3) is 0 Å². The number of benzene rings is 1. The lowest BCUT2D eigenvalue weighted by Gasteiger charge is -2.12. The summed E-state index contributed by atoms with van der Waals surface area (Å²) in [5.74, 6) is -0.751. The van der Waals surface area contributed by atoms with Crippen LogP contribution in [0.2, 0.25) is 0 Å². The lowest BCUT2D eigenvalue weighted by atomic mass is 10.2. The summed E-state index contributed by atoms with van der Waals surface area (Å²) < 4.78 is 5.11. The van der Waals surface area contributed by atoms with Crippen LogP contribution in [0.25, 0.3) is 0 Å². The highest BCUT2D eigenvalue weighted by Gasteiger charge is 2.08. The number of carboxylic acids is 1. The second kappa shape index (κ2) is 4.83. The van der Waals surface area contributed by atoms with Crippen molar-refractivity contribution in [2.24, 2.45) is 0 Å². The van der Waals surface area contributed by atoms with Gasteiger partial charge in [0.2, 0.25) is 5.76 Å². The van der Waals surface area contributed by atoms with Crippen molar-refractivity contribution in [3.8, 4) is 0 Å². The van der Waals surface area contributed by atoms with Gasteiger partial charge in [0, 0.05) is 31.5 Å². The standard InChI is InChI=1S/C13H14N2O3/c1-15(2)10-5-3-9(4-6-10)14-12-8-7-11(18-12)13(16)17/h3-8,14H,1-2H3,(H,16,17). The summed E-state index contributed by atoms with van der Waals surface area (Å²) in [6, 6.07) is 10.7. The minimum Gasteiger partial charge on any atom is -0.475 e. The van der Waals surface area contributed by atoms with Crippen molar-refractivity contribution < 1.29 is 14.3 Å². The molecule has 0 unspecified atom stereocenters. The highest BCUT2D eigenvalue weighted by atomic mass is 16.4. The molecule has 5 heteroatoms. The van der Waals surface area contributed by atoms with Gasteiger partial charge in [0.1, 0.15) is 0 Å². The summed E-state index contributed by atoms with van der Waals surface area (Å²) in [7, 11) is 3.93. The molecular weight excluding hydrogens is 232 g/mol. The predicted octanol–water partition coefficient (Wildman–Crippen LogP) is 2.79. The SMILES string of the molecule is CN(C)c1ccc(Nc2ccc(C(=O)O)o2)cc1. The van der Waals surface area contributed by atoms with E-state index in [9.17, 15) is 4.79 Å². The van der Waals surface area contributed by atoms with Crippen molar-refractivity contribution in [1.29, 1.82) is 0 Å². The molecule has 0 aliphatic heterocycles. The van der Waals surface area contributed by atoms with Crippen molar-refractivity contribution in [1.82, 2.24) is 0 Å². The zero-order valence-electron chi connectivity index (χ0n) is 10.2. The van der Waals surface area contributed by atoms with Gasteiger partial charge in [-0.1, -0.05) is 0 Å². The lowest BCUT2D eigenvalue weighted by Crippen LogP contribution is -2.08. The maximum absolute atomic E-state index is 10.7. The number of hydrogen-bond acceptors (Lipinski definition) is 4. The van der Waals surface area contributed by atoms with E-state index in [0.717, 1.165) is 11.4 Å². The average molecular weight is 246 g/mol. The molecule has 0 spiro atoms. The zero-order chi connectivity index (χ0) is 13.1.